The third kappa shape index (κ3) is 11.7. The molecule has 4 heteroatoms. The molecule has 0 bridgehead atoms. The molecule has 182 valence electrons. The van der Waals surface area contributed by atoms with Gasteiger partial charge >= 0.3 is 11.9 Å². The zero-order valence-electron chi connectivity index (χ0n) is 20.9. The van der Waals surface area contributed by atoms with Crippen LogP contribution in [0.1, 0.15) is 132 Å². The maximum Gasteiger partial charge on any atom is 0.338 e. The first-order valence-electron chi connectivity index (χ1n) is 12.9. The van der Waals surface area contributed by atoms with Crippen LogP contribution >= 0.6 is 0 Å². The highest BCUT2D eigenvalue weighted by Gasteiger charge is 2.25. The summed E-state index contributed by atoms with van der Waals surface area (Å²) < 4.78 is 6.06. The van der Waals surface area contributed by atoms with Crippen LogP contribution in [0.2, 0.25) is 0 Å². The van der Waals surface area contributed by atoms with Crippen molar-refractivity contribution in [2.24, 2.45) is 11.8 Å². The molecule has 2 atom stereocenters. The van der Waals surface area contributed by atoms with Gasteiger partial charge in [-0.1, -0.05) is 85.5 Å². The first kappa shape index (κ1) is 28.2. The molecule has 2 unspecified atom stereocenters. The van der Waals surface area contributed by atoms with Gasteiger partial charge in [0.2, 0.25) is 0 Å². The molecule has 1 rings (SSSR count). The molecule has 1 aromatic carbocycles. The zero-order valence-corrected chi connectivity index (χ0v) is 20.9. The van der Waals surface area contributed by atoms with Crippen molar-refractivity contribution < 1.29 is 19.4 Å². The highest BCUT2D eigenvalue weighted by Crippen LogP contribution is 2.27. The molecule has 0 radical (unpaired) electrons. The summed E-state index contributed by atoms with van der Waals surface area (Å²) in [4.78, 5) is 23.9. The Morgan fingerprint density at radius 2 is 1.31 bits per heavy atom. The number of rotatable bonds is 18. The van der Waals surface area contributed by atoms with Gasteiger partial charge in [-0.3, -0.25) is 0 Å². The number of aromatic carboxylic acids is 1. The third-order valence-corrected chi connectivity index (χ3v) is 6.26. The molecule has 1 aromatic rings. The minimum Gasteiger partial charge on any atom is -0.478 e. The molecular weight excluding hydrogens is 400 g/mol. The summed E-state index contributed by atoms with van der Waals surface area (Å²) in [5.41, 5.74) is 0.608. The number of hydrogen-bond acceptors (Lipinski definition) is 3. The summed E-state index contributed by atoms with van der Waals surface area (Å²) in [7, 11) is 0. The van der Waals surface area contributed by atoms with Gasteiger partial charge in [0.25, 0.3) is 0 Å². The number of esters is 1. The van der Waals surface area contributed by atoms with Crippen LogP contribution < -0.4 is 0 Å². The van der Waals surface area contributed by atoms with Crippen molar-refractivity contribution in [2.75, 3.05) is 0 Å². The van der Waals surface area contributed by atoms with Gasteiger partial charge in [0.05, 0.1) is 11.1 Å². The smallest absolute Gasteiger partial charge is 0.338 e. The van der Waals surface area contributed by atoms with E-state index in [1.807, 2.05) is 0 Å². The molecule has 4 nitrogen and oxygen atoms in total. The summed E-state index contributed by atoms with van der Waals surface area (Å²) in [5.74, 6) is -0.147. The Kier molecular flexibility index (Phi) is 14.8. The summed E-state index contributed by atoms with van der Waals surface area (Å²) in [6.07, 6.45) is 15.1. The van der Waals surface area contributed by atoms with Crippen LogP contribution in [-0.2, 0) is 4.74 Å². The standard InChI is InChI=1S/C28H46O4/c1-5-7-11-16-23(14-6-2)26(17-13-10-8-9-12-15-22(3)4)32-28(31)25-20-18-24(19-21-25)27(29)30/h18-23,26H,5-17H2,1-4H3,(H,29,30). The lowest BCUT2D eigenvalue weighted by Gasteiger charge is -2.27. The third-order valence-electron chi connectivity index (χ3n) is 6.26. The van der Waals surface area contributed by atoms with Gasteiger partial charge in [0, 0.05) is 0 Å². The molecule has 0 fully saturated rings. The second kappa shape index (κ2) is 16.7. The van der Waals surface area contributed by atoms with Crippen molar-refractivity contribution in [1.82, 2.24) is 0 Å². The van der Waals surface area contributed by atoms with Crippen LogP contribution in [-0.4, -0.2) is 23.1 Å². The van der Waals surface area contributed by atoms with E-state index in [-0.39, 0.29) is 17.6 Å². The van der Waals surface area contributed by atoms with Crippen LogP contribution in [0.15, 0.2) is 24.3 Å². The Morgan fingerprint density at radius 3 is 1.88 bits per heavy atom. The predicted octanol–water partition coefficient (Wildman–Crippen LogP) is 8.29. The van der Waals surface area contributed by atoms with Crippen LogP contribution in [0.4, 0.5) is 0 Å². The Bertz CT molecular complexity index is 635. The maximum absolute atomic E-state index is 12.8. The van der Waals surface area contributed by atoms with Crippen LogP contribution in [0.25, 0.3) is 0 Å². The summed E-state index contributed by atoms with van der Waals surface area (Å²) in [6.45, 7) is 8.97. The first-order chi connectivity index (χ1) is 15.4. The number of ether oxygens (including phenoxy) is 1. The summed E-state index contributed by atoms with van der Waals surface area (Å²) >= 11 is 0. The van der Waals surface area contributed by atoms with E-state index < -0.39 is 5.97 Å². The molecular formula is C28H46O4. The van der Waals surface area contributed by atoms with Crippen molar-refractivity contribution in [3.63, 3.8) is 0 Å². The van der Waals surface area contributed by atoms with Gasteiger partial charge in [-0.25, -0.2) is 9.59 Å². The molecule has 0 aliphatic carbocycles. The number of carbonyl (C=O) groups is 2. The number of carbonyl (C=O) groups excluding carboxylic acids is 1. The van der Waals surface area contributed by atoms with E-state index in [1.165, 1.54) is 63.5 Å². The Morgan fingerprint density at radius 1 is 0.750 bits per heavy atom. The van der Waals surface area contributed by atoms with Gasteiger partial charge in [0.15, 0.2) is 0 Å². The van der Waals surface area contributed by atoms with Crippen LogP contribution in [0.3, 0.4) is 0 Å². The second-order valence-electron chi connectivity index (χ2n) is 9.61. The fraction of sp³-hybridized carbons (Fsp3) is 0.714. The van der Waals surface area contributed by atoms with E-state index in [0.29, 0.717) is 11.5 Å². The molecule has 0 saturated heterocycles. The van der Waals surface area contributed by atoms with Gasteiger partial charge in [-0.05, 0) is 61.8 Å². The normalized spacial score (nSPS) is 13.2. The minimum atomic E-state index is -0.991. The molecule has 0 amide bonds. The average molecular weight is 447 g/mol. The van der Waals surface area contributed by atoms with Gasteiger partial charge in [-0.2, -0.15) is 0 Å². The molecule has 0 aliphatic rings. The van der Waals surface area contributed by atoms with E-state index in [9.17, 15) is 9.59 Å². The van der Waals surface area contributed by atoms with E-state index in [2.05, 4.69) is 27.7 Å². The van der Waals surface area contributed by atoms with Crippen molar-refractivity contribution in [3.05, 3.63) is 35.4 Å². The Labute approximate surface area is 196 Å². The maximum atomic E-state index is 12.8. The van der Waals surface area contributed by atoms with Gasteiger partial charge in [0.1, 0.15) is 6.10 Å². The topological polar surface area (TPSA) is 63.6 Å². The number of benzene rings is 1. The highest BCUT2D eigenvalue weighted by molar-refractivity contribution is 5.92. The van der Waals surface area contributed by atoms with E-state index in [4.69, 9.17) is 9.84 Å². The number of carboxylic acids is 1. The number of hydrogen-bond donors (Lipinski definition) is 1. The monoisotopic (exact) mass is 446 g/mol. The minimum absolute atomic E-state index is 0.0610. The molecule has 32 heavy (non-hydrogen) atoms. The lowest BCUT2D eigenvalue weighted by molar-refractivity contribution is 0.00673. The van der Waals surface area contributed by atoms with E-state index in [1.54, 1.807) is 12.1 Å². The lowest BCUT2D eigenvalue weighted by atomic mass is 9.88. The van der Waals surface area contributed by atoms with Gasteiger partial charge in [-0.15, -0.1) is 0 Å². The van der Waals surface area contributed by atoms with Crippen LogP contribution in [0, 0.1) is 11.8 Å². The first-order valence-corrected chi connectivity index (χ1v) is 12.9. The average Bonchev–Trinajstić information content (AvgIpc) is 2.77. The van der Waals surface area contributed by atoms with E-state index in [0.717, 1.165) is 38.0 Å². The number of unbranched alkanes of at least 4 members (excludes halogenated alkanes) is 6. The lowest BCUT2D eigenvalue weighted by Crippen LogP contribution is -2.27. The second-order valence-corrected chi connectivity index (χ2v) is 9.61. The van der Waals surface area contributed by atoms with Crippen molar-refractivity contribution in [2.45, 2.75) is 117 Å². The predicted molar refractivity (Wildman–Crippen MR) is 132 cm³/mol. The van der Waals surface area contributed by atoms with Crippen molar-refractivity contribution in [1.29, 1.82) is 0 Å². The van der Waals surface area contributed by atoms with Crippen molar-refractivity contribution in [3.8, 4) is 0 Å². The fourth-order valence-corrected chi connectivity index (χ4v) is 4.32. The molecule has 0 aliphatic heterocycles. The Hall–Kier alpha value is -1.84. The fourth-order valence-electron chi connectivity index (χ4n) is 4.32. The van der Waals surface area contributed by atoms with Crippen molar-refractivity contribution >= 4 is 11.9 Å². The summed E-state index contributed by atoms with van der Waals surface area (Å²) in [6, 6.07) is 6.05. The van der Waals surface area contributed by atoms with E-state index >= 15 is 0 Å². The number of carboxylic acid groups (broad SMARTS) is 1. The molecule has 1 N–H and O–H groups in total. The molecule has 0 spiro atoms. The molecule has 0 heterocycles. The van der Waals surface area contributed by atoms with Gasteiger partial charge < -0.3 is 9.84 Å². The quantitative estimate of drug-likeness (QED) is 0.182. The highest BCUT2D eigenvalue weighted by atomic mass is 16.5. The van der Waals surface area contributed by atoms with Crippen LogP contribution in [0.5, 0.6) is 0 Å². The Balaban J connectivity index is 2.71. The zero-order chi connectivity index (χ0) is 23.8. The largest absolute Gasteiger partial charge is 0.478 e. The summed E-state index contributed by atoms with van der Waals surface area (Å²) in [5, 5.41) is 9.08. The SMILES string of the molecule is CCCCCC(CCC)C(CCCCCCCC(C)C)OC(=O)c1ccc(C(=O)O)cc1. The molecule has 0 saturated carbocycles. The molecule has 0 aromatic heterocycles.